The van der Waals surface area contributed by atoms with E-state index in [1.165, 1.54) is 0 Å². The molecule has 1 N–H and O–H groups in total. The molecule has 17 heavy (non-hydrogen) atoms. The number of aromatic nitrogens is 1. The Morgan fingerprint density at radius 3 is 2.65 bits per heavy atom. The normalized spacial score (nSPS) is 14.3. The van der Waals surface area contributed by atoms with E-state index < -0.39 is 22.9 Å². The van der Waals surface area contributed by atoms with E-state index in [9.17, 15) is 18.0 Å². The Kier molecular flexibility index (Phi) is 2.05. The zero-order chi connectivity index (χ0) is 12.2. The molecule has 0 spiro atoms. The molecule has 0 aliphatic heterocycles. The van der Waals surface area contributed by atoms with Gasteiger partial charge in [-0.1, -0.05) is 0 Å². The number of nitrogens with one attached hydrogen (secondary N) is 1. The van der Waals surface area contributed by atoms with Crippen LogP contribution in [0.2, 0.25) is 0 Å². The van der Waals surface area contributed by atoms with Crippen molar-refractivity contribution in [2.75, 3.05) is 0 Å². The van der Waals surface area contributed by atoms with Gasteiger partial charge in [0.15, 0.2) is 17.1 Å². The number of pyridine rings is 1. The smallest absolute Gasteiger partial charge is 0.195 e. The van der Waals surface area contributed by atoms with Gasteiger partial charge in [-0.05, 0) is 19.3 Å². The molecule has 1 aromatic heterocycles. The third kappa shape index (κ3) is 1.31. The number of hydrogen-bond acceptors (Lipinski definition) is 1. The first-order chi connectivity index (χ1) is 8.09. The van der Waals surface area contributed by atoms with Crippen LogP contribution < -0.4 is 5.43 Å². The van der Waals surface area contributed by atoms with E-state index in [0.29, 0.717) is 30.2 Å². The summed E-state index contributed by atoms with van der Waals surface area (Å²) in [5, 5.41) is -0.385. The van der Waals surface area contributed by atoms with Gasteiger partial charge in [0.2, 0.25) is 0 Å². The lowest BCUT2D eigenvalue weighted by Crippen LogP contribution is -2.13. The molecule has 3 rings (SSSR count). The number of rotatable bonds is 0. The van der Waals surface area contributed by atoms with Crippen LogP contribution in [0.5, 0.6) is 0 Å². The fourth-order valence-corrected chi connectivity index (χ4v) is 2.37. The highest BCUT2D eigenvalue weighted by atomic mass is 19.2. The van der Waals surface area contributed by atoms with Crippen molar-refractivity contribution in [2.24, 2.45) is 0 Å². The third-order valence-corrected chi connectivity index (χ3v) is 3.17. The summed E-state index contributed by atoms with van der Waals surface area (Å²) in [7, 11) is 0. The van der Waals surface area contributed by atoms with Gasteiger partial charge in [-0.15, -0.1) is 0 Å². The molecule has 0 saturated heterocycles. The predicted molar refractivity (Wildman–Crippen MR) is 56.5 cm³/mol. The van der Waals surface area contributed by atoms with E-state index in [4.69, 9.17) is 0 Å². The number of aromatic amines is 1. The molecule has 5 heteroatoms. The zero-order valence-corrected chi connectivity index (χ0v) is 8.74. The van der Waals surface area contributed by atoms with Crippen molar-refractivity contribution < 1.29 is 13.2 Å². The first-order valence-electron chi connectivity index (χ1n) is 5.31. The van der Waals surface area contributed by atoms with E-state index in [1.54, 1.807) is 0 Å². The van der Waals surface area contributed by atoms with Crippen molar-refractivity contribution in [3.8, 4) is 0 Å². The molecule has 0 amide bonds. The van der Waals surface area contributed by atoms with Crippen molar-refractivity contribution >= 4 is 10.9 Å². The maximum absolute atomic E-state index is 13.5. The summed E-state index contributed by atoms with van der Waals surface area (Å²) in [6.45, 7) is 0. The van der Waals surface area contributed by atoms with E-state index in [2.05, 4.69) is 4.98 Å². The summed E-state index contributed by atoms with van der Waals surface area (Å²) >= 11 is 0. The Labute approximate surface area is 94.1 Å². The molecule has 88 valence electrons. The van der Waals surface area contributed by atoms with Gasteiger partial charge < -0.3 is 4.98 Å². The zero-order valence-electron chi connectivity index (χ0n) is 8.74. The van der Waals surface area contributed by atoms with E-state index in [1.807, 2.05) is 0 Å². The van der Waals surface area contributed by atoms with Gasteiger partial charge in [0.25, 0.3) is 0 Å². The fourth-order valence-electron chi connectivity index (χ4n) is 2.37. The van der Waals surface area contributed by atoms with Gasteiger partial charge >= 0.3 is 0 Å². The summed E-state index contributed by atoms with van der Waals surface area (Å²) < 4.78 is 40.1. The second-order valence-electron chi connectivity index (χ2n) is 4.17. The largest absolute Gasteiger partial charge is 0.355 e. The van der Waals surface area contributed by atoms with Crippen LogP contribution in [0.4, 0.5) is 13.2 Å². The molecular formula is C12H8F3NO. The van der Waals surface area contributed by atoms with Crippen LogP contribution in [0.1, 0.15) is 17.7 Å². The molecule has 0 fully saturated rings. The second-order valence-corrected chi connectivity index (χ2v) is 4.17. The maximum Gasteiger partial charge on any atom is 0.195 e. The van der Waals surface area contributed by atoms with Crippen LogP contribution in [0.3, 0.4) is 0 Å². The molecule has 2 nitrogen and oxygen atoms in total. The van der Waals surface area contributed by atoms with Crippen molar-refractivity contribution in [3.05, 3.63) is 45.0 Å². The first kappa shape index (κ1) is 10.4. The number of aryl methyl sites for hydroxylation is 1. The molecule has 0 bridgehead atoms. The quantitative estimate of drug-likeness (QED) is 0.704. The third-order valence-electron chi connectivity index (χ3n) is 3.17. The average Bonchev–Trinajstić information content (AvgIpc) is 2.74. The molecule has 0 radical (unpaired) electrons. The van der Waals surface area contributed by atoms with Crippen molar-refractivity contribution in [1.29, 1.82) is 0 Å². The van der Waals surface area contributed by atoms with Crippen LogP contribution in [-0.4, -0.2) is 4.98 Å². The van der Waals surface area contributed by atoms with Crippen LogP contribution in [0, 0.1) is 17.5 Å². The molecule has 0 unspecified atom stereocenters. The van der Waals surface area contributed by atoms with E-state index in [-0.39, 0.29) is 10.9 Å². The summed E-state index contributed by atoms with van der Waals surface area (Å²) in [5.74, 6) is -3.51. The summed E-state index contributed by atoms with van der Waals surface area (Å²) in [5.41, 5.74) is 0.185. The van der Waals surface area contributed by atoms with Crippen LogP contribution >= 0.6 is 0 Å². The van der Waals surface area contributed by atoms with Crippen LogP contribution in [-0.2, 0) is 12.8 Å². The summed E-state index contributed by atoms with van der Waals surface area (Å²) in [6, 6.07) is 0.411. The standard InChI is InChI=1S/C12H8F3NO/c13-6-4-7(14)10(15)11-9(6)12(17)5-2-1-3-8(5)16-11/h4H,1-3H2,(H,16,17). The van der Waals surface area contributed by atoms with Crippen LogP contribution in [0.15, 0.2) is 10.9 Å². The monoisotopic (exact) mass is 239 g/mol. The molecule has 0 atom stereocenters. The minimum Gasteiger partial charge on any atom is -0.355 e. The lowest BCUT2D eigenvalue weighted by atomic mass is 10.1. The average molecular weight is 239 g/mol. The molecule has 0 saturated carbocycles. The number of benzene rings is 1. The highest BCUT2D eigenvalue weighted by Gasteiger charge is 2.22. The van der Waals surface area contributed by atoms with Crippen molar-refractivity contribution in [1.82, 2.24) is 4.98 Å². The van der Waals surface area contributed by atoms with Gasteiger partial charge in [-0.25, -0.2) is 13.2 Å². The van der Waals surface area contributed by atoms with Gasteiger partial charge in [0.05, 0.1) is 10.9 Å². The lowest BCUT2D eigenvalue weighted by Gasteiger charge is -2.06. The predicted octanol–water partition coefficient (Wildman–Crippen LogP) is 2.43. The number of halogens is 3. The summed E-state index contributed by atoms with van der Waals surface area (Å²) in [6.07, 6.45) is 1.93. The van der Waals surface area contributed by atoms with E-state index in [0.717, 1.165) is 6.42 Å². The molecule has 1 aromatic carbocycles. The second kappa shape index (κ2) is 3.35. The number of fused-ring (bicyclic) bond motifs is 2. The van der Waals surface area contributed by atoms with E-state index >= 15 is 0 Å². The van der Waals surface area contributed by atoms with Crippen molar-refractivity contribution in [3.63, 3.8) is 0 Å². The van der Waals surface area contributed by atoms with Crippen LogP contribution in [0.25, 0.3) is 10.9 Å². The van der Waals surface area contributed by atoms with Gasteiger partial charge in [-0.2, -0.15) is 0 Å². The van der Waals surface area contributed by atoms with Gasteiger partial charge in [0, 0.05) is 17.3 Å². The Hall–Kier alpha value is -1.78. The maximum atomic E-state index is 13.5. The SMILES string of the molecule is O=c1c2c([nH]c3c(F)c(F)cc(F)c13)CCC2. The molecule has 1 aliphatic rings. The minimum atomic E-state index is -1.29. The molecular weight excluding hydrogens is 231 g/mol. The number of hydrogen-bond donors (Lipinski definition) is 1. The Morgan fingerprint density at radius 1 is 1.12 bits per heavy atom. The Morgan fingerprint density at radius 2 is 1.88 bits per heavy atom. The molecule has 2 aromatic rings. The highest BCUT2D eigenvalue weighted by molar-refractivity contribution is 5.81. The van der Waals surface area contributed by atoms with Crippen molar-refractivity contribution in [2.45, 2.75) is 19.3 Å². The fraction of sp³-hybridized carbons (Fsp3) is 0.250. The Bertz CT molecular complexity index is 690. The molecule has 1 heterocycles. The Balaban J connectivity index is 2.56. The van der Waals surface area contributed by atoms with Gasteiger partial charge in [0.1, 0.15) is 5.82 Å². The number of H-pyrrole nitrogens is 1. The highest BCUT2D eigenvalue weighted by Crippen LogP contribution is 2.24. The summed E-state index contributed by atoms with van der Waals surface area (Å²) in [4.78, 5) is 14.6. The molecule has 1 aliphatic carbocycles. The lowest BCUT2D eigenvalue weighted by molar-refractivity contribution is 0.503. The minimum absolute atomic E-state index is 0.367. The topological polar surface area (TPSA) is 32.9 Å². The van der Waals surface area contributed by atoms with Gasteiger partial charge in [-0.3, -0.25) is 4.79 Å². The first-order valence-corrected chi connectivity index (χ1v) is 5.31.